The van der Waals surface area contributed by atoms with Crippen molar-refractivity contribution in [2.45, 2.75) is 19.8 Å². The molecule has 0 spiro atoms. The maximum atomic E-state index is 11.3. The molecule has 1 aliphatic rings. The van der Waals surface area contributed by atoms with Crippen LogP contribution in [0.4, 0.5) is 5.95 Å². The van der Waals surface area contributed by atoms with E-state index in [1.165, 1.54) is 0 Å². The molecule has 0 aliphatic carbocycles. The lowest BCUT2D eigenvalue weighted by molar-refractivity contribution is 0.585. The lowest BCUT2D eigenvalue weighted by Gasteiger charge is -2.26. The van der Waals surface area contributed by atoms with Gasteiger partial charge in [-0.25, -0.2) is 18.4 Å². The van der Waals surface area contributed by atoms with Crippen molar-refractivity contribution in [1.29, 1.82) is 0 Å². The highest BCUT2D eigenvalue weighted by Gasteiger charge is 2.23. The van der Waals surface area contributed by atoms with Gasteiger partial charge in [-0.2, -0.15) is 0 Å². The number of rotatable bonds is 2. The van der Waals surface area contributed by atoms with E-state index in [9.17, 15) is 8.42 Å². The van der Waals surface area contributed by atoms with Crippen LogP contribution < -0.4 is 4.90 Å². The molecule has 94 valence electrons. The summed E-state index contributed by atoms with van der Waals surface area (Å²) in [6.45, 7) is 5.16. The van der Waals surface area contributed by atoms with E-state index < -0.39 is 9.84 Å². The van der Waals surface area contributed by atoms with Gasteiger partial charge in [0.25, 0.3) is 0 Å². The van der Waals surface area contributed by atoms with Gasteiger partial charge in [-0.1, -0.05) is 13.8 Å². The summed E-state index contributed by atoms with van der Waals surface area (Å²) in [7, 11) is -2.84. The minimum absolute atomic E-state index is 0.197. The molecule has 2 rings (SSSR count). The van der Waals surface area contributed by atoms with Gasteiger partial charge in [0.1, 0.15) is 0 Å². The molecule has 0 unspecified atom stereocenters. The maximum absolute atomic E-state index is 11.3. The van der Waals surface area contributed by atoms with Crippen LogP contribution in [0.5, 0.6) is 0 Å². The summed E-state index contributed by atoms with van der Waals surface area (Å²) >= 11 is 0. The number of sulfone groups is 1. The van der Waals surface area contributed by atoms with Gasteiger partial charge in [0.15, 0.2) is 9.84 Å². The fourth-order valence-corrected chi connectivity index (χ4v) is 2.91. The van der Waals surface area contributed by atoms with Gasteiger partial charge in [0.05, 0.1) is 11.5 Å². The summed E-state index contributed by atoms with van der Waals surface area (Å²) in [5.41, 5.74) is 1.10. The first-order chi connectivity index (χ1) is 7.98. The van der Waals surface area contributed by atoms with Crippen LogP contribution in [0.1, 0.15) is 25.3 Å². The Morgan fingerprint density at radius 1 is 1.18 bits per heavy atom. The third-order valence-electron chi connectivity index (χ3n) is 2.95. The van der Waals surface area contributed by atoms with Crippen molar-refractivity contribution in [2.24, 2.45) is 0 Å². The van der Waals surface area contributed by atoms with Gasteiger partial charge in [0.2, 0.25) is 5.95 Å². The van der Waals surface area contributed by atoms with Gasteiger partial charge in [0, 0.05) is 25.5 Å². The van der Waals surface area contributed by atoms with Crippen molar-refractivity contribution in [3.05, 3.63) is 18.0 Å². The molecule has 1 fully saturated rings. The fourth-order valence-electron chi connectivity index (χ4n) is 1.71. The number of hydrogen-bond acceptors (Lipinski definition) is 5. The van der Waals surface area contributed by atoms with Crippen molar-refractivity contribution < 1.29 is 8.42 Å². The molecule has 1 aliphatic heterocycles. The Labute approximate surface area is 102 Å². The second kappa shape index (κ2) is 4.60. The Morgan fingerprint density at radius 2 is 1.71 bits per heavy atom. The lowest BCUT2D eigenvalue weighted by Crippen LogP contribution is -2.41. The average molecular weight is 255 g/mol. The van der Waals surface area contributed by atoms with E-state index in [4.69, 9.17) is 0 Å². The van der Waals surface area contributed by atoms with Crippen molar-refractivity contribution >= 4 is 15.8 Å². The third-order valence-corrected chi connectivity index (χ3v) is 4.56. The first-order valence-electron chi connectivity index (χ1n) is 5.75. The van der Waals surface area contributed by atoms with Crippen molar-refractivity contribution in [3.63, 3.8) is 0 Å². The monoisotopic (exact) mass is 255 g/mol. The Bertz CT molecular complexity index is 468. The summed E-state index contributed by atoms with van der Waals surface area (Å²) in [6, 6.07) is 0. The first kappa shape index (κ1) is 12.3. The summed E-state index contributed by atoms with van der Waals surface area (Å²) in [5, 5.41) is 0. The molecule has 0 atom stereocenters. The molecule has 0 radical (unpaired) electrons. The molecular weight excluding hydrogens is 238 g/mol. The summed E-state index contributed by atoms with van der Waals surface area (Å²) in [5.74, 6) is 1.43. The molecule has 0 bridgehead atoms. The van der Waals surface area contributed by atoms with E-state index >= 15 is 0 Å². The van der Waals surface area contributed by atoms with Crippen LogP contribution in [0, 0.1) is 0 Å². The zero-order valence-corrected chi connectivity index (χ0v) is 10.9. The zero-order valence-electron chi connectivity index (χ0n) is 10.1. The fraction of sp³-hybridized carbons (Fsp3) is 0.636. The molecule has 1 saturated heterocycles. The molecule has 5 nitrogen and oxygen atoms in total. The Hall–Kier alpha value is -1.17. The molecule has 0 aromatic carbocycles. The Morgan fingerprint density at radius 3 is 2.18 bits per heavy atom. The molecule has 6 heteroatoms. The third kappa shape index (κ3) is 2.94. The number of hydrogen-bond donors (Lipinski definition) is 0. The number of nitrogens with zero attached hydrogens (tertiary/aromatic N) is 3. The minimum atomic E-state index is -2.84. The molecular formula is C11H17N3O2S. The SMILES string of the molecule is CC(C)c1cnc(N2CCS(=O)(=O)CC2)nc1. The Kier molecular flexibility index (Phi) is 3.33. The zero-order chi connectivity index (χ0) is 12.5. The van der Waals surface area contributed by atoms with Crippen molar-refractivity contribution in [1.82, 2.24) is 9.97 Å². The largest absolute Gasteiger partial charge is 0.339 e. The van der Waals surface area contributed by atoms with Crippen LogP contribution in [-0.4, -0.2) is 43.0 Å². The number of anilines is 1. The van der Waals surface area contributed by atoms with E-state index in [0.29, 0.717) is 25.0 Å². The van der Waals surface area contributed by atoms with Gasteiger partial charge in [-0.3, -0.25) is 0 Å². The van der Waals surface area contributed by atoms with Crippen LogP contribution in [0.25, 0.3) is 0 Å². The normalized spacial score (nSPS) is 19.6. The number of aromatic nitrogens is 2. The van der Waals surface area contributed by atoms with E-state index in [1.807, 2.05) is 17.3 Å². The molecule has 2 heterocycles. The van der Waals surface area contributed by atoms with Crippen LogP contribution in [-0.2, 0) is 9.84 Å². The quantitative estimate of drug-likeness (QED) is 0.783. The molecule has 17 heavy (non-hydrogen) atoms. The van der Waals surface area contributed by atoms with Crippen LogP contribution in [0.2, 0.25) is 0 Å². The molecule has 1 aromatic rings. The van der Waals surface area contributed by atoms with E-state index in [2.05, 4.69) is 23.8 Å². The van der Waals surface area contributed by atoms with Gasteiger partial charge >= 0.3 is 0 Å². The van der Waals surface area contributed by atoms with E-state index in [1.54, 1.807) is 0 Å². The summed E-state index contributed by atoms with van der Waals surface area (Å²) < 4.78 is 22.6. The predicted molar refractivity (Wildman–Crippen MR) is 67.0 cm³/mol. The summed E-state index contributed by atoms with van der Waals surface area (Å²) in [6.07, 6.45) is 3.63. The van der Waals surface area contributed by atoms with Crippen molar-refractivity contribution in [2.75, 3.05) is 29.5 Å². The lowest BCUT2D eigenvalue weighted by atomic mass is 10.1. The average Bonchev–Trinajstić information content (AvgIpc) is 2.29. The Balaban J connectivity index is 2.09. The maximum Gasteiger partial charge on any atom is 0.225 e. The highest BCUT2D eigenvalue weighted by molar-refractivity contribution is 7.91. The van der Waals surface area contributed by atoms with E-state index in [-0.39, 0.29) is 11.5 Å². The van der Waals surface area contributed by atoms with Gasteiger partial charge < -0.3 is 4.90 Å². The second-order valence-electron chi connectivity index (χ2n) is 4.61. The molecule has 0 saturated carbocycles. The molecule has 0 amide bonds. The van der Waals surface area contributed by atoms with Gasteiger partial charge in [-0.05, 0) is 11.5 Å². The van der Waals surface area contributed by atoms with Crippen LogP contribution >= 0.6 is 0 Å². The van der Waals surface area contributed by atoms with E-state index in [0.717, 1.165) is 5.56 Å². The molecule has 1 aromatic heterocycles. The second-order valence-corrected chi connectivity index (χ2v) is 6.91. The van der Waals surface area contributed by atoms with Gasteiger partial charge in [-0.15, -0.1) is 0 Å². The minimum Gasteiger partial charge on any atom is -0.339 e. The highest BCUT2D eigenvalue weighted by Crippen LogP contribution is 2.15. The van der Waals surface area contributed by atoms with Crippen LogP contribution in [0.3, 0.4) is 0 Å². The summed E-state index contributed by atoms with van der Waals surface area (Å²) in [4.78, 5) is 10.5. The molecule has 0 N–H and O–H groups in total. The standard InChI is InChI=1S/C11H17N3O2S/c1-9(2)10-7-12-11(13-8-10)14-3-5-17(15,16)6-4-14/h7-9H,3-6H2,1-2H3. The topological polar surface area (TPSA) is 63.2 Å². The van der Waals surface area contributed by atoms with Crippen LogP contribution in [0.15, 0.2) is 12.4 Å². The highest BCUT2D eigenvalue weighted by atomic mass is 32.2. The first-order valence-corrected chi connectivity index (χ1v) is 7.57. The van der Waals surface area contributed by atoms with Crippen molar-refractivity contribution in [3.8, 4) is 0 Å². The smallest absolute Gasteiger partial charge is 0.225 e. The predicted octanol–water partition coefficient (Wildman–Crippen LogP) is 0.835.